The first kappa shape index (κ1) is 7.49. The summed E-state index contributed by atoms with van der Waals surface area (Å²) in [6.45, 7) is 0. The predicted molar refractivity (Wildman–Crippen MR) is 23.9 cm³/mol. The topological polar surface area (TPSA) is 58.9 Å². The van der Waals surface area contributed by atoms with Crippen molar-refractivity contribution in [2.75, 3.05) is 0 Å². The summed E-state index contributed by atoms with van der Waals surface area (Å²) in [5.41, 5.74) is 0. The molecule has 0 spiro atoms. The van der Waals surface area contributed by atoms with E-state index in [9.17, 15) is 0 Å². The zero-order chi connectivity index (χ0) is 5.91. The minimum Gasteiger partial charge on any atom is -0.395 e. The second-order valence-corrected chi connectivity index (χ2v) is 3.48. The van der Waals surface area contributed by atoms with Crippen LogP contribution in [0.1, 0.15) is 0 Å². The van der Waals surface area contributed by atoms with Gasteiger partial charge in [0, 0.05) is 0 Å². The van der Waals surface area contributed by atoms with Crippen molar-refractivity contribution in [2.24, 2.45) is 0 Å². The molecule has 0 aliphatic heterocycles. The Kier molecular flexibility index (Phi) is 2.90. The van der Waals surface area contributed by atoms with Gasteiger partial charge in [-0.2, -0.15) is 0 Å². The van der Waals surface area contributed by atoms with Crippen LogP contribution in [0.15, 0.2) is 0 Å². The second-order valence-electron chi connectivity index (χ2n) is 0.753. The average Bonchev–Trinajstić information content (AvgIpc) is 1.68. The van der Waals surface area contributed by atoms with E-state index in [4.69, 9.17) is 9.59 Å². The van der Waals surface area contributed by atoms with Crippen LogP contribution in [0.3, 0.4) is 0 Å². The Morgan fingerprint density at radius 1 is 1.14 bits per heavy atom. The van der Waals surface area contributed by atoms with Gasteiger partial charge in [-0.05, 0) is 0 Å². The van der Waals surface area contributed by atoms with Crippen molar-refractivity contribution in [1.29, 1.82) is 0 Å². The van der Waals surface area contributed by atoms with Crippen LogP contribution in [0.5, 0.6) is 0 Å². The minimum absolute atomic E-state index is 2.38. The summed E-state index contributed by atoms with van der Waals surface area (Å²) in [6.07, 6.45) is 0. The van der Waals surface area contributed by atoms with Crippen LogP contribution < -0.4 is 0 Å². The third-order valence-electron chi connectivity index (χ3n) is 0.266. The maximum atomic E-state index is 8.28. The van der Waals surface area contributed by atoms with Gasteiger partial charge in [0.1, 0.15) is 0 Å². The Hall–Kier alpha value is 0.491. The Morgan fingerprint density at radius 2 is 1.43 bits per heavy atom. The zero-order valence-electron chi connectivity index (χ0n) is 3.21. The van der Waals surface area contributed by atoms with Gasteiger partial charge in [-0.25, -0.2) is 0 Å². The summed E-state index contributed by atoms with van der Waals surface area (Å²) < 4.78 is 7.74. The molecule has 0 aromatic heterocycles. The second kappa shape index (κ2) is 2.71. The van der Waals surface area contributed by atoms with Gasteiger partial charge in [0.2, 0.25) is 21.0 Å². The molecule has 0 bridgehead atoms. The summed E-state index contributed by atoms with van der Waals surface area (Å²) in [6, 6.07) is 0. The highest BCUT2D eigenvalue weighted by atomic mass is 28.5. The molecule has 0 rings (SSSR count). The third kappa shape index (κ3) is 3.11. The van der Waals surface area contributed by atoms with Crippen molar-refractivity contribution >= 4 is 30.0 Å². The largest absolute Gasteiger partial charge is 0.652 e. The van der Waals surface area contributed by atoms with E-state index in [1.165, 1.54) is 0 Å². The van der Waals surface area contributed by atoms with Gasteiger partial charge in [0.25, 0.3) is 0 Å². The number of hydrogen-bond acceptors (Lipinski definition) is 4. The van der Waals surface area contributed by atoms with Gasteiger partial charge >= 0.3 is 9.05 Å². The number of rotatable bonds is 2. The third-order valence-corrected chi connectivity index (χ3v) is 2.39. The van der Waals surface area contributed by atoms with Crippen molar-refractivity contribution in [3.8, 4) is 0 Å². The Balaban J connectivity index is 3.36. The van der Waals surface area contributed by atoms with E-state index < -0.39 is 9.05 Å². The molecule has 0 unspecified atom stereocenters. The maximum absolute atomic E-state index is 8.28. The SMILES string of the molecule is O[Si](O)(O[Si])O[Si]. The summed E-state index contributed by atoms with van der Waals surface area (Å²) in [5.74, 6) is 0. The molecule has 0 aliphatic rings. The van der Waals surface area contributed by atoms with Crippen LogP contribution in [0, 0.1) is 0 Å². The zero-order valence-corrected chi connectivity index (χ0v) is 6.21. The summed E-state index contributed by atoms with van der Waals surface area (Å²) in [4.78, 5) is 16.6. The molecule has 2 N–H and O–H groups in total. The molecule has 0 amide bonds. The van der Waals surface area contributed by atoms with Crippen LogP contribution in [0.4, 0.5) is 0 Å². The highest BCUT2D eigenvalue weighted by Gasteiger charge is 2.31. The van der Waals surface area contributed by atoms with Crippen LogP contribution in [0.25, 0.3) is 0 Å². The molecule has 0 atom stereocenters. The lowest BCUT2D eigenvalue weighted by atomic mass is 15.6. The Labute approximate surface area is 48.7 Å². The fourth-order valence-corrected chi connectivity index (χ4v) is 0.563. The van der Waals surface area contributed by atoms with E-state index >= 15 is 0 Å². The monoisotopic (exact) mass is 150 g/mol. The van der Waals surface area contributed by atoms with Crippen LogP contribution in [0.2, 0.25) is 0 Å². The van der Waals surface area contributed by atoms with Gasteiger partial charge in [-0.3, -0.25) is 0 Å². The Morgan fingerprint density at radius 3 is 1.43 bits per heavy atom. The van der Waals surface area contributed by atoms with E-state index in [1.807, 2.05) is 0 Å². The molecule has 7 heavy (non-hydrogen) atoms. The highest BCUT2D eigenvalue weighted by molar-refractivity contribution is 6.57. The predicted octanol–water partition coefficient (Wildman–Crippen LogP) is -2.39. The van der Waals surface area contributed by atoms with Crippen molar-refractivity contribution in [2.45, 2.75) is 0 Å². The van der Waals surface area contributed by atoms with Crippen molar-refractivity contribution in [3.05, 3.63) is 0 Å². The summed E-state index contributed by atoms with van der Waals surface area (Å²) in [7, 11) is 0.938. The van der Waals surface area contributed by atoms with E-state index in [0.29, 0.717) is 0 Å². The van der Waals surface area contributed by atoms with Gasteiger partial charge in [0.15, 0.2) is 0 Å². The number of hydrogen-bond donors (Lipinski definition) is 2. The minimum atomic E-state index is -3.82. The van der Waals surface area contributed by atoms with E-state index in [1.54, 1.807) is 0 Å². The lowest BCUT2D eigenvalue weighted by molar-refractivity contribution is 0.151. The van der Waals surface area contributed by atoms with Gasteiger partial charge in [-0.1, -0.05) is 0 Å². The molecule has 4 nitrogen and oxygen atoms in total. The summed E-state index contributed by atoms with van der Waals surface area (Å²) in [5, 5.41) is 0. The highest BCUT2D eigenvalue weighted by Crippen LogP contribution is 1.88. The normalized spacial score (nSPS) is 12.0. The van der Waals surface area contributed by atoms with Crippen molar-refractivity contribution in [1.82, 2.24) is 0 Å². The van der Waals surface area contributed by atoms with Crippen LogP contribution in [-0.4, -0.2) is 39.6 Å². The molecule has 0 fully saturated rings. The van der Waals surface area contributed by atoms with Crippen LogP contribution in [-0.2, 0) is 8.23 Å². The lowest BCUT2D eigenvalue weighted by Gasteiger charge is -2.09. The molecule has 6 radical (unpaired) electrons. The molecule has 0 saturated heterocycles. The Bertz CT molecular complexity index is 44.9. The molecule has 0 aromatic rings. The lowest BCUT2D eigenvalue weighted by Crippen LogP contribution is -2.41. The molecule has 7 heteroatoms. The standard InChI is InChI=1S/H2O4Si3/c1-7(2,3-5)4-6/h1-2H. The smallest absolute Gasteiger partial charge is 0.395 e. The molecule has 0 aromatic carbocycles. The fraction of sp³-hybridized carbons (Fsp3) is 0. The first-order valence-electron chi connectivity index (χ1n) is 1.26. The molecule has 0 heterocycles. The molecular formula is H2O4Si3. The van der Waals surface area contributed by atoms with Crippen molar-refractivity contribution in [3.63, 3.8) is 0 Å². The van der Waals surface area contributed by atoms with Gasteiger partial charge < -0.3 is 17.8 Å². The molecule has 0 saturated carbocycles. The molecule has 0 aliphatic carbocycles. The fourth-order valence-electron chi connectivity index (χ4n) is 0.0208. The van der Waals surface area contributed by atoms with Crippen LogP contribution >= 0.6 is 0 Å². The first-order chi connectivity index (χ1) is 3.12. The average molecular weight is 150 g/mol. The van der Waals surface area contributed by atoms with E-state index in [-0.39, 0.29) is 0 Å². The van der Waals surface area contributed by atoms with E-state index in [0.717, 1.165) is 0 Å². The van der Waals surface area contributed by atoms with Gasteiger partial charge in [0.05, 0.1) is 0 Å². The molecular weight excluding hydrogens is 148 g/mol. The van der Waals surface area contributed by atoms with E-state index in [2.05, 4.69) is 29.2 Å². The maximum Gasteiger partial charge on any atom is 0.652 e. The molecule has 38 valence electrons. The van der Waals surface area contributed by atoms with Gasteiger partial charge in [-0.15, -0.1) is 0 Å². The first-order valence-corrected chi connectivity index (χ1v) is 3.79. The summed E-state index contributed by atoms with van der Waals surface area (Å²) >= 11 is 0. The quantitative estimate of drug-likeness (QED) is 0.431. The van der Waals surface area contributed by atoms with Crippen molar-refractivity contribution < 1.29 is 17.8 Å².